The molecule has 0 aliphatic carbocycles. The number of aryl methyl sites for hydroxylation is 2. The van der Waals surface area contributed by atoms with Crippen LogP contribution in [0.1, 0.15) is 35.1 Å². The zero-order chi connectivity index (χ0) is 22.8. The standard InChI is InChI=1S/C27H33N3O2/c1-19-10-11-23(20(2)18-19)24-25(29(4)22-13-15-28(3)16-14-22)27(32)30(26(24)31)17-12-21-8-6-5-7-9-21/h5-11,18,22H,12-17H2,1-4H3. The van der Waals surface area contributed by atoms with Crippen molar-refractivity contribution in [2.75, 3.05) is 33.7 Å². The van der Waals surface area contributed by atoms with Gasteiger partial charge in [-0.1, -0.05) is 54.1 Å². The molecule has 2 amide bonds. The highest BCUT2D eigenvalue weighted by Gasteiger charge is 2.42. The number of carbonyl (C=O) groups excluding carboxylic acids is 2. The maximum Gasteiger partial charge on any atom is 0.277 e. The number of benzene rings is 2. The molecular weight excluding hydrogens is 398 g/mol. The maximum absolute atomic E-state index is 13.6. The van der Waals surface area contributed by atoms with Crippen LogP contribution >= 0.6 is 0 Å². The third kappa shape index (κ3) is 4.35. The Hall–Kier alpha value is -2.92. The van der Waals surface area contributed by atoms with Gasteiger partial charge < -0.3 is 9.80 Å². The molecule has 0 radical (unpaired) electrons. The van der Waals surface area contributed by atoms with Crippen molar-refractivity contribution in [2.24, 2.45) is 0 Å². The first-order valence-electron chi connectivity index (χ1n) is 11.5. The highest BCUT2D eigenvalue weighted by Crippen LogP contribution is 2.35. The van der Waals surface area contributed by atoms with E-state index < -0.39 is 0 Å². The van der Waals surface area contributed by atoms with Crippen molar-refractivity contribution in [3.63, 3.8) is 0 Å². The minimum absolute atomic E-state index is 0.165. The zero-order valence-electron chi connectivity index (χ0n) is 19.6. The molecule has 168 valence electrons. The summed E-state index contributed by atoms with van der Waals surface area (Å²) in [6.07, 6.45) is 2.63. The van der Waals surface area contributed by atoms with Crippen LogP contribution in [0.3, 0.4) is 0 Å². The van der Waals surface area contributed by atoms with Gasteiger partial charge in [0.2, 0.25) is 0 Å². The Kier molecular flexibility index (Phi) is 6.47. The van der Waals surface area contributed by atoms with Crippen molar-refractivity contribution in [3.8, 4) is 0 Å². The Bertz CT molecular complexity index is 1040. The van der Waals surface area contributed by atoms with Gasteiger partial charge >= 0.3 is 0 Å². The second-order valence-electron chi connectivity index (χ2n) is 9.18. The number of carbonyl (C=O) groups is 2. The molecule has 0 atom stereocenters. The first-order chi connectivity index (χ1) is 15.4. The summed E-state index contributed by atoms with van der Waals surface area (Å²) in [5.41, 5.74) is 5.28. The van der Waals surface area contributed by atoms with Crippen molar-refractivity contribution in [3.05, 3.63) is 76.5 Å². The van der Waals surface area contributed by atoms with E-state index in [0.29, 0.717) is 24.2 Å². The molecule has 1 fully saturated rings. The van der Waals surface area contributed by atoms with E-state index in [0.717, 1.165) is 48.2 Å². The summed E-state index contributed by atoms with van der Waals surface area (Å²) in [4.78, 5) is 33.1. The minimum atomic E-state index is -0.173. The predicted molar refractivity (Wildman–Crippen MR) is 128 cm³/mol. The molecular formula is C27H33N3O2. The van der Waals surface area contributed by atoms with E-state index >= 15 is 0 Å². The topological polar surface area (TPSA) is 43.9 Å². The summed E-state index contributed by atoms with van der Waals surface area (Å²) >= 11 is 0. The quantitative estimate of drug-likeness (QED) is 0.655. The molecule has 0 aromatic heterocycles. The van der Waals surface area contributed by atoms with E-state index in [1.807, 2.05) is 63.4 Å². The highest BCUT2D eigenvalue weighted by atomic mass is 16.2. The number of nitrogens with zero attached hydrogens (tertiary/aromatic N) is 3. The fourth-order valence-corrected chi connectivity index (χ4v) is 4.88. The lowest BCUT2D eigenvalue weighted by atomic mass is 9.96. The molecule has 2 aliphatic heterocycles. The molecule has 0 N–H and O–H groups in total. The lowest BCUT2D eigenvalue weighted by Gasteiger charge is -2.36. The molecule has 2 heterocycles. The molecule has 2 aromatic rings. The van der Waals surface area contributed by atoms with E-state index in [1.54, 1.807) is 0 Å². The SMILES string of the molecule is Cc1ccc(C2=C(N(C)C3CCN(C)CC3)C(=O)N(CCc3ccccc3)C2=O)c(C)c1. The maximum atomic E-state index is 13.6. The number of rotatable bonds is 6. The molecule has 32 heavy (non-hydrogen) atoms. The largest absolute Gasteiger partial charge is 0.366 e. The molecule has 5 nitrogen and oxygen atoms in total. The third-order valence-corrected chi connectivity index (χ3v) is 6.85. The molecule has 1 saturated heterocycles. The van der Waals surface area contributed by atoms with Crippen LogP contribution in [0.4, 0.5) is 0 Å². The van der Waals surface area contributed by atoms with Gasteiger partial charge in [0.25, 0.3) is 11.8 Å². The lowest BCUT2D eigenvalue weighted by Crippen LogP contribution is -2.43. The number of likely N-dealkylation sites (N-methyl/N-ethyl adjacent to an activating group) is 1. The van der Waals surface area contributed by atoms with Gasteiger partial charge in [0.1, 0.15) is 5.70 Å². The first-order valence-corrected chi connectivity index (χ1v) is 11.5. The molecule has 2 aromatic carbocycles. The molecule has 4 rings (SSSR count). The summed E-state index contributed by atoms with van der Waals surface area (Å²) in [6, 6.07) is 16.4. The lowest BCUT2D eigenvalue weighted by molar-refractivity contribution is -0.137. The smallest absolute Gasteiger partial charge is 0.277 e. The molecule has 2 aliphatic rings. The van der Waals surface area contributed by atoms with Crippen LogP contribution in [0.25, 0.3) is 5.57 Å². The number of hydrogen-bond acceptors (Lipinski definition) is 4. The zero-order valence-corrected chi connectivity index (χ0v) is 19.6. The van der Waals surface area contributed by atoms with Gasteiger partial charge in [0.15, 0.2) is 0 Å². The van der Waals surface area contributed by atoms with Crippen molar-refractivity contribution >= 4 is 17.4 Å². The molecule has 0 unspecified atom stereocenters. The molecule has 0 saturated carbocycles. The van der Waals surface area contributed by atoms with Gasteiger partial charge in [-0.25, -0.2) is 0 Å². The fourth-order valence-electron chi connectivity index (χ4n) is 4.88. The minimum Gasteiger partial charge on any atom is -0.366 e. The average molecular weight is 432 g/mol. The number of hydrogen-bond donors (Lipinski definition) is 0. The van der Waals surface area contributed by atoms with Crippen LogP contribution in [-0.4, -0.2) is 66.3 Å². The fraction of sp³-hybridized carbons (Fsp3) is 0.407. The summed E-state index contributed by atoms with van der Waals surface area (Å²) in [6.45, 7) is 6.46. The van der Waals surface area contributed by atoms with E-state index in [9.17, 15) is 9.59 Å². The van der Waals surface area contributed by atoms with Crippen molar-refractivity contribution in [1.82, 2.24) is 14.7 Å². The second kappa shape index (κ2) is 9.29. The van der Waals surface area contributed by atoms with Crippen LogP contribution in [-0.2, 0) is 16.0 Å². The number of likely N-dealkylation sites (tertiary alicyclic amines) is 1. The van der Waals surface area contributed by atoms with E-state index in [-0.39, 0.29) is 17.9 Å². The Labute approximate surface area is 191 Å². The Morgan fingerprint density at radius 3 is 2.31 bits per heavy atom. The van der Waals surface area contributed by atoms with Gasteiger partial charge in [0, 0.05) is 19.6 Å². The number of piperidine rings is 1. The van der Waals surface area contributed by atoms with Crippen molar-refractivity contribution < 1.29 is 9.59 Å². The van der Waals surface area contributed by atoms with Crippen molar-refractivity contribution in [1.29, 1.82) is 0 Å². The van der Waals surface area contributed by atoms with Crippen LogP contribution in [0.5, 0.6) is 0 Å². The summed E-state index contributed by atoms with van der Waals surface area (Å²) in [7, 11) is 4.12. The predicted octanol–water partition coefficient (Wildman–Crippen LogP) is 3.65. The van der Waals surface area contributed by atoms with Crippen LogP contribution < -0.4 is 0 Å². The van der Waals surface area contributed by atoms with E-state index in [4.69, 9.17) is 0 Å². The molecule has 0 spiro atoms. The number of imide groups is 1. The second-order valence-corrected chi connectivity index (χ2v) is 9.18. The van der Waals surface area contributed by atoms with Crippen LogP contribution in [0.15, 0.2) is 54.2 Å². The Balaban J connectivity index is 1.68. The normalized spacial score (nSPS) is 18.1. The first kappa shape index (κ1) is 22.3. The van der Waals surface area contributed by atoms with Gasteiger partial charge in [-0.05, 0) is 69.9 Å². The van der Waals surface area contributed by atoms with E-state index in [2.05, 4.69) is 22.9 Å². The number of amides is 2. The monoisotopic (exact) mass is 431 g/mol. The van der Waals surface area contributed by atoms with Gasteiger partial charge in [-0.2, -0.15) is 0 Å². The van der Waals surface area contributed by atoms with Crippen LogP contribution in [0.2, 0.25) is 0 Å². The van der Waals surface area contributed by atoms with Gasteiger partial charge in [-0.3, -0.25) is 14.5 Å². The summed E-state index contributed by atoms with van der Waals surface area (Å²) in [5.74, 6) is -0.338. The molecule has 0 bridgehead atoms. The summed E-state index contributed by atoms with van der Waals surface area (Å²) < 4.78 is 0. The van der Waals surface area contributed by atoms with E-state index in [1.165, 1.54) is 4.90 Å². The van der Waals surface area contributed by atoms with Crippen molar-refractivity contribution in [2.45, 2.75) is 39.2 Å². The van der Waals surface area contributed by atoms with Gasteiger partial charge in [-0.15, -0.1) is 0 Å². The average Bonchev–Trinajstić information content (AvgIpc) is 3.02. The highest BCUT2D eigenvalue weighted by molar-refractivity contribution is 6.35. The Morgan fingerprint density at radius 1 is 0.969 bits per heavy atom. The Morgan fingerprint density at radius 2 is 1.66 bits per heavy atom. The van der Waals surface area contributed by atoms with Gasteiger partial charge in [0.05, 0.1) is 5.57 Å². The summed E-state index contributed by atoms with van der Waals surface area (Å²) in [5, 5.41) is 0. The molecule has 5 heteroatoms. The van der Waals surface area contributed by atoms with Crippen LogP contribution in [0, 0.1) is 13.8 Å². The third-order valence-electron chi connectivity index (χ3n) is 6.85.